The summed E-state index contributed by atoms with van der Waals surface area (Å²) in [5.74, 6) is -0.572. The average molecular weight is 341 g/mol. The van der Waals surface area contributed by atoms with Crippen molar-refractivity contribution in [3.8, 4) is 0 Å². The minimum absolute atomic E-state index is 0.0982. The zero-order valence-corrected chi connectivity index (χ0v) is 13.6. The van der Waals surface area contributed by atoms with Gasteiger partial charge in [-0.05, 0) is 31.9 Å². The number of carbonyl (C=O) groups excluding carboxylic acids is 1. The highest BCUT2D eigenvalue weighted by Crippen LogP contribution is 2.34. The van der Waals surface area contributed by atoms with Gasteiger partial charge in [0.15, 0.2) is 9.84 Å². The van der Waals surface area contributed by atoms with Gasteiger partial charge in [0, 0.05) is 12.3 Å². The summed E-state index contributed by atoms with van der Waals surface area (Å²) in [6.07, 6.45) is 1.65. The van der Waals surface area contributed by atoms with Gasteiger partial charge in [-0.15, -0.1) is 0 Å². The van der Waals surface area contributed by atoms with Gasteiger partial charge in [0.1, 0.15) is 6.04 Å². The number of benzene rings is 1. The molecule has 2 amide bonds. The Hall–Kier alpha value is -2.29. The molecule has 1 aromatic rings. The quantitative estimate of drug-likeness (QED) is 0.617. The molecule has 1 unspecified atom stereocenters. The molecule has 1 aromatic carbocycles. The van der Waals surface area contributed by atoms with Crippen LogP contribution in [0.5, 0.6) is 0 Å². The van der Waals surface area contributed by atoms with Gasteiger partial charge in [-0.1, -0.05) is 6.07 Å². The minimum atomic E-state index is -3.47. The highest BCUT2D eigenvalue weighted by atomic mass is 32.2. The van der Waals surface area contributed by atoms with Gasteiger partial charge in [0.25, 0.3) is 0 Å². The third-order valence-electron chi connectivity index (χ3n) is 3.34. The van der Waals surface area contributed by atoms with E-state index in [4.69, 9.17) is 5.11 Å². The van der Waals surface area contributed by atoms with E-state index >= 15 is 0 Å². The molecule has 0 aliphatic heterocycles. The third kappa shape index (κ3) is 4.59. The molecule has 0 bridgehead atoms. The second-order valence-electron chi connectivity index (χ2n) is 5.53. The summed E-state index contributed by atoms with van der Waals surface area (Å²) in [5, 5.41) is 16.4. The summed E-state index contributed by atoms with van der Waals surface area (Å²) in [5.41, 5.74) is 0.650. The van der Waals surface area contributed by atoms with Crippen LogP contribution in [-0.4, -0.2) is 43.9 Å². The lowest BCUT2D eigenvalue weighted by Gasteiger charge is -2.18. The Labute approximate surface area is 134 Å². The third-order valence-corrected chi connectivity index (χ3v) is 4.48. The van der Waals surface area contributed by atoms with Crippen molar-refractivity contribution in [2.45, 2.75) is 36.7 Å². The number of para-hydroxylation sites is 1. The molecule has 1 atom stereocenters. The second kappa shape index (κ2) is 6.45. The van der Waals surface area contributed by atoms with Crippen molar-refractivity contribution in [3.05, 3.63) is 18.2 Å². The van der Waals surface area contributed by atoms with Crippen molar-refractivity contribution in [3.63, 3.8) is 0 Å². The maximum atomic E-state index is 12.0. The Kier molecular flexibility index (Phi) is 4.79. The first-order chi connectivity index (χ1) is 10.7. The van der Waals surface area contributed by atoms with Crippen LogP contribution in [0.4, 0.5) is 16.2 Å². The van der Waals surface area contributed by atoms with E-state index in [1.54, 1.807) is 6.07 Å². The maximum Gasteiger partial charge on any atom is 0.405 e. The smallest absolute Gasteiger partial charge is 0.405 e. The van der Waals surface area contributed by atoms with Crippen LogP contribution in [0.3, 0.4) is 0 Å². The van der Waals surface area contributed by atoms with Gasteiger partial charge in [-0.2, -0.15) is 0 Å². The van der Waals surface area contributed by atoms with Crippen LogP contribution in [0, 0.1) is 0 Å². The first-order valence-corrected chi connectivity index (χ1v) is 8.97. The Bertz CT molecular complexity index is 728. The normalized spacial score (nSPS) is 15.6. The molecule has 1 aliphatic carbocycles. The number of hydrogen-bond donors (Lipinski definition) is 4. The molecule has 23 heavy (non-hydrogen) atoms. The molecule has 1 aliphatic rings. The molecule has 9 heteroatoms. The molecule has 0 radical (unpaired) electrons. The van der Waals surface area contributed by atoms with Crippen molar-refractivity contribution in [2.24, 2.45) is 0 Å². The number of carbonyl (C=O) groups is 2. The molecule has 0 spiro atoms. The highest BCUT2D eigenvalue weighted by Gasteiger charge is 2.26. The lowest BCUT2D eigenvalue weighted by atomic mass is 10.2. The average Bonchev–Trinajstić information content (AvgIpc) is 3.22. The molecule has 4 N–H and O–H groups in total. The molecule has 126 valence electrons. The summed E-state index contributed by atoms with van der Waals surface area (Å²) in [6, 6.07) is 3.78. The lowest BCUT2D eigenvalue weighted by Crippen LogP contribution is -2.41. The van der Waals surface area contributed by atoms with E-state index in [2.05, 4.69) is 10.6 Å². The van der Waals surface area contributed by atoms with Gasteiger partial charge in [-0.25, -0.2) is 13.2 Å². The number of rotatable bonds is 6. The SMILES string of the molecule is CC(NC(=O)O)C(=O)Nc1cccc(S(C)(=O)=O)c1NC1CC1. The molecular weight excluding hydrogens is 322 g/mol. The number of sulfone groups is 1. The Morgan fingerprint density at radius 1 is 1.30 bits per heavy atom. The first-order valence-electron chi connectivity index (χ1n) is 7.08. The van der Waals surface area contributed by atoms with E-state index in [9.17, 15) is 18.0 Å². The van der Waals surface area contributed by atoms with Crippen LogP contribution in [0.2, 0.25) is 0 Å². The standard InChI is InChI=1S/C14H19N3O5S/c1-8(15-14(19)20)13(18)17-10-4-3-5-11(23(2,21)22)12(10)16-9-6-7-9/h3-5,8-9,15-16H,6-7H2,1-2H3,(H,17,18)(H,19,20). The largest absolute Gasteiger partial charge is 0.465 e. The topological polar surface area (TPSA) is 125 Å². The Balaban J connectivity index is 2.30. The molecule has 0 aromatic heterocycles. The highest BCUT2D eigenvalue weighted by molar-refractivity contribution is 7.90. The fourth-order valence-corrected chi connectivity index (χ4v) is 2.88. The molecular formula is C14H19N3O5S. The van der Waals surface area contributed by atoms with Crippen LogP contribution in [0.25, 0.3) is 0 Å². The fourth-order valence-electron chi connectivity index (χ4n) is 2.02. The van der Waals surface area contributed by atoms with Gasteiger partial charge in [0.2, 0.25) is 5.91 Å². The van der Waals surface area contributed by atoms with Gasteiger partial charge < -0.3 is 21.1 Å². The molecule has 0 heterocycles. The van der Waals surface area contributed by atoms with Crippen LogP contribution in [0.1, 0.15) is 19.8 Å². The van der Waals surface area contributed by atoms with Crippen LogP contribution in [0.15, 0.2) is 23.1 Å². The molecule has 1 saturated carbocycles. The van der Waals surface area contributed by atoms with Crippen molar-refractivity contribution in [2.75, 3.05) is 16.9 Å². The van der Waals surface area contributed by atoms with Gasteiger partial charge in [0.05, 0.1) is 16.3 Å². The number of carboxylic acid groups (broad SMARTS) is 1. The first kappa shape index (κ1) is 17.1. The van der Waals surface area contributed by atoms with E-state index in [-0.39, 0.29) is 10.9 Å². The van der Waals surface area contributed by atoms with Crippen LogP contribution < -0.4 is 16.0 Å². The Morgan fingerprint density at radius 2 is 1.96 bits per heavy atom. The van der Waals surface area contributed by atoms with E-state index in [0.29, 0.717) is 11.4 Å². The zero-order valence-electron chi connectivity index (χ0n) is 12.8. The predicted octanol–water partition coefficient (Wildman–Crippen LogP) is 1.26. The Morgan fingerprint density at radius 3 is 2.48 bits per heavy atom. The van der Waals surface area contributed by atoms with Crippen molar-refractivity contribution < 1.29 is 23.1 Å². The summed E-state index contributed by atoms with van der Waals surface area (Å²) in [4.78, 5) is 22.7. The number of hydrogen-bond acceptors (Lipinski definition) is 5. The monoisotopic (exact) mass is 341 g/mol. The molecule has 1 fully saturated rings. The summed E-state index contributed by atoms with van der Waals surface area (Å²) >= 11 is 0. The number of nitrogens with one attached hydrogen (secondary N) is 3. The van der Waals surface area contributed by atoms with Crippen molar-refractivity contribution >= 4 is 33.2 Å². The van der Waals surface area contributed by atoms with Crippen molar-refractivity contribution in [1.82, 2.24) is 5.32 Å². The zero-order chi connectivity index (χ0) is 17.2. The lowest BCUT2D eigenvalue weighted by molar-refractivity contribution is -0.117. The van der Waals surface area contributed by atoms with E-state index in [0.717, 1.165) is 19.1 Å². The van der Waals surface area contributed by atoms with E-state index < -0.39 is 27.9 Å². The molecule has 0 saturated heterocycles. The van der Waals surface area contributed by atoms with Crippen LogP contribution >= 0.6 is 0 Å². The number of anilines is 2. The van der Waals surface area contributed by atoms with Gasteiger partial charge in [-0.3, -0.25) is 4.79 Å². The fraction of sp³-hybridized carbons (Fsp3) is 0.429. The molecule has 8 nitrogen and oxygen atoms in total. The summed E-state index contributed by atoms with van der Waals surface area (Å²) in [7, 11) is -3.47. The van der Waals surface area contributed by atoms with Crippen LogP contribution in [-0.2, 0) is 14.6 Å². The number of amides is 2. The minimum Gasteiger partial charge on any atom is -0.465 e. The maximum absolute atomic E-state index is 12.0. The molecule has 2 rings (SSSR count). The predicted molar refractivity (Wildman–Crippen MR) is 85.4 cm³/mol. The van der Waals surface area contributed by atoms with E-state index in [1.807, 2.05) is 5.32 Å². The van der Waals surface area contributed by atoms with E-state index in [1.165, 1.54) is 19.1 Å². The summed E-state index contributed by atoms with van der Waals surface area (Å²) < 4.78 is 23.9. The second-order valence-corrected chi connectivity index (χ2v) is 7.51. The van der Waals surface area contributed by atoms with Crippen molar-refractivity contribution in [1.29, 1.82) is 0 Å². The van der Waals surface area contributed by atoms with Gasteiger partial charge >= 0.3 is 6.09 Å². The summed E-state index contributed by atoms with van der Waals surface area (Å²) in [6.45, 7) is 1.40.